The summed E-state index contributed by atoms with van der Waals surface area (Å²) in [6, 6.07) is 22.4. The first-order valence-electron chi connectivity index (χ1n) is 10.9. The summed E-state index contributed by atoms with van der Waals surface area (Å²) in [5, 5.41) is 12.0. The van der Waals surface area contributed by atoms with Gasteiger partial charge in [0.1, 0.15) is 17.4 Å². The lowest BCUT2D eigenvalue weighted by atomic mass is 10.1. The van der Waals surface area contributed by atoms with E-state index in [0.717, 1.165) is 28.4 Å². The highest BCUT2D eigenvalue weighted by atomic mass is 32.2. The predicted octanol–water partition coefficient (Wildman–Crippen LogP) is 5.44. The van der Waals surface area contributed by atoms with Crippen LogP contribution >= 0.6 is 11.8 Å². The second-order valence-corrected chi connectivity index (χ2v) is 8.59. The van der Waals surface area contributed by atoms with Crippen LogP contribution in [0.3, 0.4) is 0 Å². The van der Waals surface area contributed by atoms with Gasteiger partial charge in [-0.05, 0) is 61.4 Å². The molecule has 0 saturated carbocycles. The van der Waals surface area contributed by atoms with E-state index in [1.54, 1.807) is 19.1 Å². The monoisotopic (exact) mass is 476 g/mol. The lowest BCUT2D eigenvalue weighted by molar-refractivity contribution is -0.113. The van der Waals surface area contributed by atoms with Crippen molar-refractivity contribution in [3.8, 4) is 11.4 Å². The molecule has 34 heavy (non-hydrogen) atoms. The molecule has 0 aliphatic heterocycles. The van der Waals surface area contributed by atoms with Crippen molar-refractivity contribution in [2.24, 2.45) is 0 Å². The zero-order valence-corrected chi connectivity index (χ0v) is 19.8. The highest BCUT2D eigenvalue weighted by Gasteiger charge is 2.17. The first-order valence-corrected chi connectivity index (χ1v) is 11.9. The Morgan fingerprint density at radius 3 is 2.53 bits per heavy atom. The van der Waals surface area contributed by atoms with E-state index in [1.165, 1.54) is 17.8 Å². The van der Waals surface area contributed by atoms with Crippen LogP contribution in [-0.4, -0.2) is 33.0 Å². The van der Waals surface area contributed by atoms with Crippen LogP contribution in [0.15, 0.2) is 78.0 Å². The van der Waals surface area contributed by atoms with Gasteiger partial charge in [-0.2, -0.15) is 0 Å². The van der Waals surface area contributed by atoms with Crippen LogP contribution in [0.1, 0.15) is 23.9 Å². The summed E-state index contributed by atoms with van der Waals surface area (Å²) in [6.45, 7) is 4.32. The van der Waals surface area contributed by atoms with E-state index in [4.69, 9.17) is 4.74 Å². The Labute approximate surface area is 202 Å². The molecule has 6 nitrogen and oxygen atoms in total. The molecule has 0 aliphatic rings. The van der Waals surface area contributed by atoms with Gasteiger partial charge in [-0.25, -0.2) is 4.39 Å². The summed E-state index contributed by atoms with van der Waals surface area (Å²) in [6.07, 6.45) is 0.586. The maximum atomic E-state index is 14.1. The minimum atomic E-state index is -0.457. The third kappa shape index (κ3) is 5.82. The standard InChI is InChI=1S/C26H25FN4O2S/c1-3-33-21-12-10-20(11-13-21)31-24(16-19-7-5-4-6-8-19)29-30-26(31)34-17-25(32)28-23-14-9-18(2)15-22(23)27/h4-15H,3,16-17H2,1-2H3,(H,28,32). The number of nitrogens with zero attached hydrogens (tertiary/aromatic N) is 3. The molecule has 174 valence electrons. The molecule has 0 radical (unpaired) electrons. The zero-order valence-electron chi connectivity index (χ0n) is 19.0. The fourth-order valence-electron chi connectivity index (χ4n) is 3.44. The number of ether oxygens (including phenoxy) is 1. The van der Waals surface area contributed by atoms with Crippen molar-refractivity contribution in [1.29, 1.82) is 0 Å². The van der Waals surface area contributed by atoms with E-state index in [9.17, 15) is 9.18 Å². The molecule has 0 bridgehead atoms. The van der Waals surface area contributed by atoms with Crippen LogP contribution in [0.2, 0.25) is 0 Å². The van der Waals surface area contributed by atoms with Gasteiger partial charge in [-0.3, -0.25) is 9.36 Å². The molecule has 0 unspecified atom stereocenters. The molecule has 1 aromatic heterocycles. The van der Waals surface area contributed by atoms with E-state index < -0.39 is 5.82 Å². The summed E-state index contributed by atoms with van der Waals surface area (Å²) in [7, 11) is 0. The lowest BCUT2D eigenvalue weighted by Crippen LogP contribution is -2.15. The Bertz CT molecular complexity index is 1260. The number of aryl methyl sites for hydroxylation is 1. The second kappa shape index (κ2) is 11.0. The number of hydrogen-bond donors (Lipinski definition) is 1. The van der Waals surface area contributed by atoms with Crippen LogP contribution in [0, 0.1) is 12.7 Å². The molecule has 0 spiro atoms. The molecule has 1 amide bonds. The number of rotatable bonds is 9. The fraction of sp³-hybridized carbons (Fsp3) is 0.192. The fourth-order valence-corrected chi connectivity index (χ4v) is 4.21. The van der Waals surface area contributed by atoms with E-state index in [2.05, 4.69) is 15.5 Å². The predicted molar refractivity (Wildman–Crippen MR) is 132 cm³/mol. The Balaban J connectivity index is 1.55. The third-order valence-electron chi connectivity index (χ3n) is 5.04. The zero-order chi connectivity index (χ0) is 23.9. The van der Waals surface area contributed by atoms with E-state index >= 15 is 0 Å². The highest BCUT2D eigenvalue weighted by molar-refractivity contribution is 7.99. The molecule has 0 atom stereocenters. The number of aromatic nitrogens is 3. The van der Waals surface area contributed by atoms with Crippen molar-refractivity contribution < 1.29 is 13.9 Å². The first kappa shape index (κ1) is 23.5. The number of carbonyl (C=O) groups excluding carboxylic acids is 1. The number of benzene rings is 3. The molecule has 1 N–H and O–H groups in total. The third-order valence-corrected chi connectivity index (χ3v) is 5.97. The summed E-state index contributed by atoms with van der Waals surface area (Å²) >= 11 is 1.25. The second-order valence-electron chi connectivity index (χ2n) is 7.64. The van der Waals surface area contributed by atoms with Gasteiger partial charge in [0.2, 0.25) is 5.91 Å². The quantitative estimate of drug-likeness (QED) is 0.326. The van der Waals surface area contributed by atoms with Crippen molar-refractivity contribution in [3.63, 3.8) is 0 Å². The smallest absolute Gasteiger partial charge is 0.234 e. The highest BCUT2D eigenvalue weighted by Crippen LogP contribution is 2.25. The molecule has 8 heteroatoms. The topological polar surface area (TPSA) is 69.0 Å². The number of nitrogens with one attached hydrogen (secondary N) is 1. The van der Waals surface area contributed by atoms with Gasteiger partial charge in [0.05, 0.1) is 18.0 Å². The van der Waals surface area contributed by atoms with Crippen LogP contribution < -0.4 is 10.1 Å². The number of thioether (sulfide) groups is 1. The van der Waals surface area contributed by atoms with Gasteiger partial charge in [0.25, 0.3) is 0 Å². The average molecular weight is 477 g/mol. The van der Waals surface area contributed by atoms with E-state index in [1.807, 2.05) is 66.1 Å². The number of anilines is 1. The summed E-state index contributed by atoms with van der Waals surface area (Å²) in [5.74, 6) is 0.813. The molecule has 3 aromatic carbocycles. The Morgan fingerprint density at radius 2 is 1.82 bits per heavy atom. The molecule has 0 aliphatic carbocycles. The van der Waals surface area contributed by atoms with Crippen molar-refractivity contribution in [1.82, 2.24) is 14.8 Å². The summed E-state index contributed by atoms with van der Waals surface area (Å²) < 4.78 is 21.6. The van der Waals surface area contributed by atoms with Gasteiger partial charge < -0.3 is 10.1 Å². The molecule has 0 saturated heterocycles. The maximum absolute atomic E-state index is 14.1. The number of carbonyl (C=O) groups is 1. The van der Waals surface area contributed by atoms with Crippen LogP contribution in [0.4, 0.5) is 10.1 Å². The van der Waals surface area contributed by atoms with Crippen LogP contribution in [-0.2, 0) is 11.2 Å². The molecular formula is C26H25FN4O2S. The number of halogens is 1. The normalized spacial score (nSPS) is 10.8. The largest absolute Gasteiger partial charge is 0.494 e. The summed E-state index contributed by atoms with van der Waals surface area (Å²) in [4.78, 5) is 12.5. The van der Waals surface area contributed by atoms with Gasteiger partial charge in [-0.1, -0.05) is 48.2 Å². The van der Waals surface area contributed by atoms with Gasteiger partial charge in [0, 0.05) is 12.1 Å². The SMILES string of the molecule is CCOc1ccc(-n2c(Cc3ccccc3)nnc2SCC(=O)Nc2ccc(C)cc2F)cc1. The van der Waals surface area contributed by atoms with E-state index in [0.29, 0.717) is 18.2 Å². The van der Waals surface area contributed by atoms with Gasteiger partial charge in [-0.15, -0.1) is 10.2 Å². The van der Waals surface area contributed by atoms with Gasteiger partial charge >= 0.3 is 0 Å². The number of hydrogen-bond acceptors (Lipinski definition) is 5. The minimum absolute atomic E-state index is 0.0633. The Morgan fingerprint density at radius 1 is 1.06 bits per heavy atom. The molecule has 1 heterocycles. The number of amides is 1. The Kier molecular flexibility index (Phi) is 7.59. The molecule has 4 aromatic rings. The van der Waals surface area contributed by atoms with Crippen molar-refractivity contribution in [2.45, 2.75) is 25.4 Å². The Hall–Kier alpha value is -3.65. The maximum Gasteiger partial charge on any atom is 0.234 e. The van der Waals surface area contributed by atoms with Crippen molar-refractivity contribution in [2.75, 3.05) is 17.7 Å². The summed E-state index contributed by atoms with van der Waals surface area (Å²) in [5.41, 5.74) is 2.92. The van der Waals surface area contributed by atoms with Crippen LogP contribution in [0.5, 0.6) is 5.75 Å². The molecule has 4 rings (SSSR count). The average Bonchev–Trinajstić information content (AvgIpc) is 3.23. The van der Waals surface area contributed by atoms with Crippen molar-refractivity contribution >= 4 is 23.4 Å². The lowest BCUT2D eigenvalue weighted by Gasteiger charge is -2.12. The van der Waals surface area contributed by atoms with Crippen LogP contribution in [0.25, 0.3) is 5.69 Å². The molecular weight excluding hydrogens is 451 g/mol. The molecule has 0 fully saturated rings. The first-order chi connectivity index (χ1) is 16.5. The van der Waals surface area contributed by atoms with Gasteiger partial charge in [0.15, 0.2) is 5.16 Å². The van der Waals surface area contributed by atoms with E-state index in [-0.39, 0.29) is 17.3 Å². The minimum Gasteiger partial charge on any atom is -0.494 e. The van der Waals surface area contributed by atoms with Crippen molar-refractivity contribution in [3.05, 3.63) is 95.6 Å².